The van der Waals surface area contributed by atoms with E-state index in [2.05, 4.69) is 282 Å². The summed E-state index contributed by atoms with van der Waals surface area (Å²) in [5.74, 6) is 0. The molecule has 0 fully saturated rings. The fraction of sp³-hybridized carbons (Fsp3) is 0.294. The van der Waals surface area contributed by atoms with E-state index >= 15 is 0 Å². The molecule has 3 heterocycles. The van der Waals surface area contributed by atoms with Crippen LogP contribution in [0.1, 0.15) is 132 Å². The molecule has 0 atom stereocenters. The van der Waals surface area contributed by atoms with Gasteiger partial charge in [-0.1, -0.05) is 189 Å². The van der Waals surface area contributed by atoms with Crippen molar-refractivity contribution in [3.63, 3.8) is 0 Å². The SMILES string of the molecule is CC(C)(C)c1ccc(N2c3ccc(C(C)(C)C)cc3B3c4cc(C(C)(C)C)ccc4N(c4cc(N(c5ccc(C(C)(C)C)cc5)c5ccc(C(C)(C)C)cc5)c5c(c4)sc4ccccc45)c4cccc2c43)cc1. The highest BCUT2D eigenvalue weighted by atomic mass is 32.1. The number of nitrogens with zero attached hydrogens (tertiary/aromatic N) is 3. The van der Waals surface area contributed by atoms with E-state index in [1.807, 2.05) is 11.3 Å². The molecule has 1 aromatic heterocycles. The van der Waals surface area contributed by atoms with Crippen LogP contribution in [-0.4, -0.2) is 6.71 Å². The predicted molar refractivity (Wildman–Crippen MR) is 322 cm³/mol. The lowest BCUT2D eigenvalue weighted by Gasteiger charge is -2.45. The van der Waals surface area contributed by atoms with Crippen molar-refractivity contribution in [1.82, 2.24) is 0 Å². The van der Waals surface area contributed by atoms with Crippen LogP contribution >= 0.6 is 11.3 Å². The van der Waals surface area contributed by atoms with Crippen molar-refractivity contribution >= 4 is 106 Å². The molecule has 0 amide bonds. The molecule has 8 aromatic carbocycles. The maximum Gasteiger partial charge on any atom is 0.252 e. The second-order valence-corrected chi connectivity index (χ2v) is 27.1. The van der Waals surface area contributed by atoms with Gasteiger partial charge in [0.1, 0.15) is 0 Å². The van der Waals surface area contributed by atoms with Crippen molar-refractivity contribution in [2.24, 2.45) is 0 Å². The zero-order valence-corrected chi connectivity index (χ0v) is 46.7. The molecule has 0 spiro atoms. The Morgan fingerprint density at radius 3 is 1.26 bits per heavy atom. The minimum Gasteiger partial charge on any atom is -0.311 e. The minimum absolute atomic E-state index is 0.00818. The van der Waals surface area contributed by atoms with Crippen molar-refractivity contribution in [1.29, 1.82) is 0 Å². The molecule has 73 heavy (non-hydrogen) atoms. The lowest BCUT2D eigenvalue weighted by Crippen LogP contribution is -2.61. The molecule has 3 nitrogen and oxygen atoms in total. The first-order chi connectivity index (χ1) is 34.4. The van der Waals surface area contributed by atoms with Crippen LogP contribution in [0.2, 0.25) is 0 Å². The topological polar surface area (TPSA) is 9.72 Å². The molecule has 11 rings (SSSR count). The van der Waals surface area contributed by atoms with Crippen LogP contribution in [0.25, 0.3) is 20.2 Å². The summed E-state index contributed by atoms with van der Waals surface area (Å²) in [6.07, 6.45) is 0. The van der Waals surface area contributed by atoms with Crippen LogP contribution in [0.5, 0.6) is 0 Å². The third-order valence-corrected chi connectivity index (χ3v) is 16.8. The maximum absolute atomic E-state index is 2.60. The van der Waals surface area contributed by atoms with Gasteiger partial charge in [0.05, 0.1) is 5.69 Å². The largest absolute Gasteiger partial charge is 0.311 e. The molecule has 0 N–H and O–H groups in total. The summed E-state index contributed by atoms with van der Waals surface area (Å²) in [6.45, 7) is 34.8. The van der Waals surface area contributed by atoms with Gasteiger partial charge in [0.2, 0.25) is 0 Å². The highest BCUT2D eigenvalue weighted by molar-refractivity contribution is 7.26. The number of rotatable bonds is 5. The van der Waals surface area contributed by atoms with E-state index in [-0.39, 0.29) is 33.8 Å². The van der Waals surface area contributed by atoms with Crippen molar-refractivity contribution in [2.45, 2.75) is 131 Å². The van der Waals surface area contributed by atoms with Crippen molar-refractivity contribution in [3.05, 3.63) is 192 Å². The van der Waals surface area contributed by atoms with E-state index in [1.165, 1.54) is 92.8 Å². The molecule has 0 bridgehead atoms. The smallest absolute Gasteiger partial charge is 0.252 e. The summed E-state index contributed by atoms with van der Waals surface area (Å²) < 4.78 is 2.55. The molecule has 9 aromatic rings. The monoisotopic (exact) mass is 974 g/mol. The summed E-state index contributed by atoms with van der Waals surface area (Å²) >= 11 is 1.89. The molecule has 2 aliphatic heterocycles. The van der Waals surface area contributed by atoms with Crippen molar-refractivity contribution in [3.8, 4) is 0 Å². The predicted octanol–water partition coefficient (Wildman–Crippen LogP) is 18.1. The number of hydrogen-bond donors (Lipinski definition) is 0. The van der Waals surface area contributed by atoms with Gasteiger partial charge >= 0.3 is 0 Å². The number of benzene rings is 8. The van der Waals surface area contributed by atoms with Gasteiger partial charge in [-0.05, 0) is 150 Å². The fourth-order valence-electron chi connectivity index (χ4n) is 11.3. The van der Waals surface area contributed by atoms with Crippen LogP contribution in [-0.2, 0) is 27.1 Å². The van der Waals surface area contributed by atoms with E-state index < -0.39 is 0 Å². The Hall–Kier alpha value is -6.56. The minimum atomic E-state index is -0.0556. The van der Waals surface area contributed by atoms with Crippen LogP contribution in [0.15, 0.2) is 164 Å². The molecule has 0 aliphatic carbocycles. The standard InChI is InChI=1S/C68H72BN3S/c1-64(2,3)43-23-31-48(32-24-43)70(49-33-25-44(26-34-49)65(4,5)6)59-41-51(42-61-62(59)52-19-16-17-22-60(52)73-61)72-56-38-30-47(68(13,14)15)40-54(56)69-53-39-46(67(10,11)12)29-37-55(53)71(57-20-18-21-58(72)63(57)69)50-35-27-45(28-36-50)66(7,8)9/h16-42H,1-15H3. The van der Waals surface area contributed by atoms with E-state index in [4.69, 9.17) is 0 Å². The Morgan fingerprint density at radius 1 is 0.370 bits per heavy atom. The molecule has 0 saturated carbocycles. The van der Waals surface area contributed by atoms with Crippen molar-refractivity contribution < 1.29 is 0 Å². The van der Waals surface area contributed by atoms with E-state index in [9.17, 15) is 0 Å². The summed E-state index contributed by atoms with van der Waals surface area (Å²) in [6, 6.07) is 63.7. The van der Waals surface area contributed by atoms with Crippen LogP contribution in [0, 0.1) is 0 Å². The van der Waals surface area contributed by atoms with Crippen molar-refractivity contribution in [2.75, 3.05) is 14.7 Å². The summed E-state index contributed by atoms with van der Waals surface area (Å²) in [7, 11) is 0. The second-order valence-electron chi connectivity index (χ2n) is 26.0. The molecule has 368 valence electrons. The normalized spacial score (nSPS) is 13.9. The van der Waals surface area contributed by atoms with Gasteiger partial charge in [0.15, 0.2) is 0 Å². The van der Waals surface area contributed by atoms with Crippen LogP contribution in [0.3, 0.4) is 0 Å². The first kappa shape index (κ1) is 48.7. The summed E-state index contributed by atoms with van der Waals surface area (Å²) in [5.41, 5.74) is 21.3. The molecule has 5 heteroatoms. The Morgan fingerprint density at radius 2 is 0.795 bits per heavy atom. The summed E-state index contributed by atoms with van der Waals surface area (Å²) in [5, 5.41) is 2.54. The Kier molecular flexibility index (Phi) is 11.3. The molecular formula is C68H72BN3S. The molecule has 0 radical (unpaired) electrons. The third-order valence-electron chi connectivity index (χ3n) is 15.6. The quantitative estimate of drug-likeness (QED) is 0.159. The fourth-order valence-corrected chi connectivity index (χ4v) is 12.5. The molecule has 2 aliphatic rings. The Balaban J connectivity index is 1.22. The van der Waals surface area contributed by atoms with Gasteiger partial charge in [-0.15, -0.1) is 11.3 Å². The molecule has 0 saturated heterocycles. The van der Waals surface area contributed by atoms with Gasteiger partial charge in [0.25, 0.3) is 6.71 Å². The highest BCUT2D eigenvalue weighted by Crippen LogP contribution is 2.51. The molecular weight excluding hydrogens is 902 g/mol. The summed E-state index contributed by atoms with van der Waals surface area (Å²) in [4.78, 5) is 7.67. The van der Waals surface area contributed by atoms with Gasteiger partial charge in [-0.3, -0.25) is 0 Å². The average Bonchev–Trinajstić information content (AvgIpc) is 3.71. The number of anilines is 9. The van der Waals surface area contributed by atoms with E-state index in [1.54, 1.807) is 0 Å². The van der Waals surface area contributed by atoms with Gasteiger partial charge in [-0.25, -0.2) is 0 Å². The van der Waals surface area contributed by atoms with Gasteiger partial charge in [-0.2, -0.15) is 0 Å². The first-order valence-corrected chi connectivity index (χ1v) is 27.3. The van der Waals surface area contributed by atoms with Gasteiger partial charge in [0, 0.05) is 65.7 Å². The zero-order valence-electron chi connectivity index (χ0n) is 45.9. The lowest BCUT2D eigenvalue weighted by molar-refractivity contribution is 0.590. The van der Waals surface area contributed by atoms with Crippen LogP contribution in [0.4, 0.5) is 51.2 Å². The number of fused-ring (bicyclic) bond motifs is 7. The maximum atomic E-state index is 2.60. The first-order valence-electron chi connectivity index (χ1n) is 26.5. The average molecular weight is 974 g/mol. The second kappa shape index (κ2) is 17.0. The third kappa shape index (κ3) is 8.46. The highest BCUT2D eigenvalue weighted by Gasteiger charge is 2.44. The zero-order chi connectivity index (χ0) is 51.7. The Labute approximate surface area is 440 Å². The number of thiophene rings is 1. The molecule has 0 unspecified atom stereocenters. The van der Waals surface area contributed by atoms with E-state index in [0.717, 1.165) is 22.7 Å². The van der Waals surface area contributed by atoms with Crippen LogP contribution < -0.4 is 31.1 Å². The van der Waals surface area contributed by atoms with E-state index in [0.29, 0.717) is 0 Å². The lowest BCUT2D eigenvalue weighted by atomic mass is 9.33. The van der Waals surface area contributed by atoms with Gasteiger partial charge < -0.3 is 14.7 Å². The number of hydrogen-bond acceptors (Lipinski definition) is 4. The Bertz CT molecular complexity index is 3530.